The summed E-state index contributed by atoms with van der Waals surface area (Å²) in [5.74, 6) is -0.0748. The molecule has 2 amide bonds. The number of rotatable bonds is 6. The predicted octanol–water partition coefficient (Wildman–Crippen LogP) is 3.72. The third-order valence-corrected chi connectivity index (χ3v) is 3.20. The number of amides is 2. The molecule has 1 aromatic carbocycles. The lowest BCUT2D eigenvalue weighted by Gasteiger charge is -2.10. The molecule has 1 heterocycles. The maximum atomic E-state index is 12.1. The van der Waals surface area contributed by atoms with Crippen molar-refractivity contribution in [1.82, 2.24) is 5.32 Å². The normalized spacial score (nSPS) is 10.7. The Morgan fingerprint density at radius 3 is 2.83 bits per heavy atom. The van der Waals surface area contributed by atoms with Gasteiger partial charge >= 0.3 is 0 Å². The van der Waals surface area contributed by atoms with Crippen molar-refractivity contribution in [3.05, 3.63) is 59.0 Å². The van der Waals surface area contributed by atoms with Crippen molar-refractivity contribution in [1.29, 1.82) is 0 Å². The Morgan fingerprint density at radius 1 is 1.30 bits per heavy atom. The SMILES string of the molecule is CCCNC(=O)c1ccc(Cl)cc1NC(=O)/C=C/c1ccco1. The zero-order chi connectivity index (χ0) is 16.7. The van der Waals surface area contributed by atoms with E-state index in [9.17, 15) is 9.59 Å². The van der Waals surface area contributed by atoms with E-state index in [1.54, 1.807) is 30.3 Å². The number of furan rings is 1. The van der Waals surface area contributed by atoms with E-state index < -0.39 is 0 Å². The first-order valence-corrected chi connectivity index (χ1v) is 7.58. The van der Waals surface area contributed by atoms with E-state index in [0.717, 1.165) is 6.42 Å². The van der Waals surface area contributed by atoms with E-state index in [2.05, 4.69) is 10.6 Å². The van der Waals surface area contributed by atoms with E-state index in [1.165, 1.54) is 18.4 Å². The molecule has 0 radical (unpaired) electrons. The van der Waals surface area contributed by atoms with Crippen LogP contribution in [0.1, 0.15) is 29.5 Å². The van der Waals surface area contributed by atoms with Crippen molar-refractivity contribution in [3.8, 4) is 0 Å². The summed E-state index contributed by atoms with van der Waals surface area (Å²) in [4.78, 5) is 24.1. The van der Waals surface area contributed by atoms with E-state index in [4.69, 9.17) is 16.0 Å². The molecule has 6 heteroatoms. The zero-order valence-corrected chi connectivity index (χ0v) is 13.4. The summed E-state index contributed by atoms with van der Waals surface area (Å²) in [6.45, 7) is 2.53. The summed E-state index contributed by atoms with van der Waals surface area (Å²) in [5, 5.41) is 5.86. The molecule has 0 fully saturated rings. The molecule has 1 aromatic heterocycles. The second kappa shape index (κ2) is 8.19. The van der Waals surface area contributed by atoms with E-state index in [-0.39, 0.29) is 11.8 Å². The van der Waals surface area contributed by atoms with Gasteiger partial charge < -0.3 is 15.1 Å². The van der Waals surface area contributed by atoms with Gasteiger partial charge in [-0.2, -0.15) is 0 Å². The number of carbonyl (C=O) groups is 2. The van der Waals surface area contributed by atoms with Gasteiger partial charge in [0.25, 0.3) is 5.91 Å². The van der Waals surface area contributed by atoms with E-state index in [1.807, 2.05) is 6.92 Å². The molecule has 2 N–H and O–H groups in total. The lowest BCUT2D eigenvalue weighted by molar-refractivity contribution is -0.111. The number of benzene rings is 1. The van der Waals surface area contributed by atoms with Gasteiger partial charge in [0.15, 0.2) is 0 Å². The number of nitrogens with one attached hydrogen (secondary N) is 2. The van der Waals surface area contributed by atoms with Crippen LogP contribution in [0.3, 0.4) is 0 Å². The molecule has 5 nitrogen and oxygen atoms in total. The zero-order valence-electron chi connectivity index (χ0n) is 12.6. The summed E-state index contributed by atoms with van der Waals surface area (Å²) in [5.41, 5.74) is 0.725. The van der Waals surface area contributed by atoms with Crippen molar-refractivity contribution in [2.24, 2.45) is 0 Å². The fourth-order valence-electron chi connectivity index (χ4n) is 1.87. The van der Waals surface area contributed by atoms with Gasteiger partial charge in [0, 0.05) is 17.6 Å². The summed E-state index contributed by atoms with van der Waals surface area (Å²) >= 11 is 5.95. The Kier molecular flexibility index (Phi) is 6.00. The summed E-state index contributed by atoms with van der Waals surface area (Å²) in [7, 11) is 0. The van der Waals surface area contributed by atoms with Crippen LogP contribution in [0.25, 0.3) is 6.08 Å². The smallest absolute Gasteiger partial charge is 0.253 e. The lowest BCUT2D eigenvalue weighted by Crippen LogP contribution is -2.25. The van der Waals surface area contributed by atoms with Gasteiger partial charge in [-0.1, -0.05) is 18.5 Å². The number of hydrogen-bond donors (Lipinski definition) is 2. The van der Waals surface area contributed by atoms with Gasteiger partial charge in [0.2, 0.25) is 5.91 Å². The summed E-state index contributed by atoms with van der Waals surface area (Å²) in [6.07, 6.45) is 5.21. The first-order chi connectivity index (χ1) is 11.1. The Balaban J connectivity index is 2.12. The molecule has 2 aromatic rings. The van der Waals surface area contributed by atoms with Gasteiger partial charge in [-0.15, -0.1) is 0 Å². The number of anilines is 1. The van der Waals surface area contributed by atoms with Crippen molar-refractivity contribution < 1.29 is 14.0 Å². The largest absolute Gasteiger partial charge is 0.465 e. The predicted molar refractivity (Wildman–Crippen MR) is 90.4 cm³/mol. The first kappa shape index (κ1) is 16.8. The molecule has 0 aliphatic carbocycles. The highest BCUT2D eigenvalue weighted by Gasteiger charge is 2.13. The molecular formula is C17H17ClN2O3. The number of carbonyl (C=O) groups excluding carboxylic acids is 2. The van der Waals surface area contributed by atoms with Gasteiger partial charge in [-0.05, 0) is 42.8 Å². The van der Waals surface area contributed by atoms with Crippen molar-refractivity contribution in [2.75, 3.05) is 11.9 Å². The second-order valence-electron chi connectivity index (χ2n) is 4.78. The summed E-state index contributed by atoms with van der Waals surface area (Å²) in [6, 6.07) is 8.19. The molecule has 0 bridgehead atoms. The van der Waals surface area contributed by atoms with Crippen LogP contribution in [0.4, 0.5) is 5.69 Å². The fourth-order valence-corrected chi connectivity index (χ4v) is 2.04. The minimum atomic E-state index is -0.381. The van der Waals surface area contributed by atoms with Gasteiger partial charge in [-0.3, -0.25) is 9.59 Å². The quantitative estimate of drug-likeness (QED) is 0.792. The molecule has 23 heavy (non-hydrogen) atoms. The first-order valence-electron chi connectivity index (χ1n) is 7.20. The van der Waals surface area contributed by atoms with Crippen LogP contribution in [0.2, 0.25) is 5.02 Å². The minimum absolute atomic E-state index is 0.256. The fraction of sp³-hybridized carbons (Fsp3) is 0.176. The molecule has 0 saturated heterocycles. The van der Waals surface area contributed by atoms with Crippen molar-refractivity contribution in [2.45, 2.75) is 13.3 Å². The molecule has 0 unspecified atom stereocenters. The van der Waals surface area contributed by atoms with Crippen LogP contribution in [-0.2, 0) is 4.79 Å². The van der Waals surface area contributed by atoms with Crippen LogP contribution in [0, 0.1) is 0 Å². The van der Waals surface area contributed by atoms with E-state index >= 15 is 0 Å². The highest BCUT2D eigenvalue weighted by atomic mass is 35.5. The van der Waals surface area contributed by atoms with Crippen LogP contribution in [-0.4, -0.2) is 18.4 Å². The van der Waals surface area contributed by atoms with Crippen LogP contribution < -0.4 is 10.6 Å². The van der Waals surface area contributed by atoms with Crippen LogP contribution in [0.5, 0.6) is 0 Å². The van der Waals surface area contributed by atoms with Gasteiger partial charge in [-0.25, -0.2) is 0 Å². The van der Waals surface area contributed by atoms with Gasteiger partial charge in [0.1, 0.15) is 5.76 Å². The topological polar surface area (TPSA) is 71.3 Å². The molecule has 0 aliphatic rings. The third kappa shape index (κ3) is 5.00. The Hall–Kier alpha value is -2.53. The molecular weight excluding hydrogens is 316 g/mol. The maximum Gasteiger partial charge on any atom is 0.253 e. The van der Waals surface area contributed by atoms with Crippen molar-refractivity contribution >= 4 is 35.2 Å². The molecule has 0 aliphatic heterocycles. The van der Waals surface area contributed by atoms with Gasteiger partial charge in [0.05, 0.1) is 17.5 Å². The van der Waals surface area contributed by atoms with Crippen LogP contribution in [0.15, 0.2) is 47.1 Å². The van der Waals surface area contributed by atoms with E-state index in [0.29, 0.717) is 28.6 Å². The number of hydrogen-bond acceptors (Lipinski definition) is 3. The Labute approximate surface area is 139 Å². The Morgan fingerprint density at radius 2 is 2.13 bits per heavy atom. The lowest BCUT2D eigenvalue weighted by atomic mass is 10.1. The molecule has 2 rings (SSSR count). The molecule has 0 saturated carbocycles. The Bertz CT molecular complexity index is 709. The monoisotopic (exact) mass is 332 g/mol. The molecule has 0 spiro atoms. The van der Waals surface area contributed by atoms with Crippen molar-refractivity contribution in [3.63, 3.8) is 0 Å². The highest BCUT2D eigenvalue weighted by molar-refractivity contribution is 6.31. The average Bonchev–Trinajstić information content (AvgIpc) is 3.04. The molecule has 0 atom stereocenters. The molecule has 120 valence electrons. The highest BCUT2D eigenvalue weighted by Crippen LogP contribution is 2.21. The summed E-state index contributed by atoms with van der Waals surface area (Å²) < 4.78 is 5.11. The standard InChI is InChI=1S/C17H17ClN2O3/c1-2-9-19-17(22)14-7-5-12(18)11-15(14)20-16(21)8-6-13-4-3-10-23-13/h3-8,10-11H,2,9H2,1H3,(H,19,22)(H,20,21)/b8-6+. The second-order valence-corrected chi connectivity index (χ2v) is 5.22. The average molecular weight is 333 g/mol. The number of halogens is 1. The maximum absolute atomic E-state index is 12.1. The van der Waals surface area contributed by atoms with Crippen LogP contribution >= 0.6 is 11.6 Å². The third-order valence-electron chi connectivity index (χ3n) is 2.96. The minimum Gasteiger partial charge on any atom is -0.465 e.